The number of hydrogen-bond donors (Lipinski definition) is 1. The highest BCUT2D eigenvalue weighted by atomic mass is 32.2. The van der Waals surface area contributed by atoms with Crippen LogP contribution < -0.4 is 14.6 Å². The maximum Gasteiger partial charge on any atom is 0.573 e. The lowest BCUT2D eigenvalue weighted by Crippen LogP contribution is -2.41. The Bertz CT molecular complexity index is 1320. The molecular weight excluding hydrogens is 529 g/mol. The van der Waals surface area contributed by atoms with Crippen LogP contribution in [0.1, 0.15) is 10.4 Å². The summed E-state index contributed by atoms with van der Waals surface area (Å²) < 4.78 is 98.3. The number of carbonyl (C=O) groups excluding carboxylic acids is 2. The Morgan fingerprint density at radius 3 is 2.19 bits per heavy atom. The van der Waals surface area contributed by atoms with Crippen LogP contribution in [0.5, 0.6) is 11.5 Å². The zero-order valence-corrected chi connectivity index (χ0v) is 19.7. The molecule has 9 nitrogen and oxygen atoms in total. The molecule has 2 aromatic carbocycles. The van der Waals surface area contributed by atoms with Gasteiger partial charge in [-0.15, -0.1) is 13.2 Å². The Labute approximate surface area is 207 Å². The number of hydrogen-bond acceptors (Lipinski definition) is 6. The largest absolute Gasteiger partial charge is 0.573 e. The van der Waals surface area contributed by atoms with E-state index in [1.807, 2.05) is 0 Å². The molecule has 2 heterocycles. The average Bonchev–Trinajstić information content (AvgIpc) is 3.28. The molecule has 0 radical (unpaired) electrons. The topological polar surface area (TPSA) is 119 Å². The number of sulfonamides is 1. The van der Waals surface area contributed by atoms with Crippen LogP contribution in [-0.4, -0.2) is 74.8 Å². The number of rotatable bonds is 6. The Hall–Kier alpha value is -3.46. The summed E-state index contributed by atoms with van der Waals surface area (Å²) in [6.45, 7) is -1.37. The van der Waals surface area contributed by atoms with Crippen LogP contribution in [0, 0.1) is 11.7 Å². The number of primary sulfonamides is 1. The van der Waals surface area contributed by atoms with E-state index in [4.69, 9.17) is 9.88 Å². The molecule has 0 spiro atoms. The molecule has 2 amide bonds. The van der Waals surface area contributed by atoms with E-state index in [1.165, 1.54) is 17.0 Å². The molecule has 2 aliphatic heterocycles. The van der Waals surface area contributed by atoms with Crippen molar-refractivity contribution in [3.05, 3.63) is 53.8 Å². The summed E-state index contributed by atoms with van der Waals surface area (Å²) in [5, 5.41) is 4.95. The number of nitrogens with two attached hydrogens (primary N) is 1. The molecule has 4 rings (SSSR count). The lowest BCUT2D eigenvalue weighted by molar-refractivity contribution is -0.274. The Balaban J connectivity index is 1.32. The van der Waals surface area contributed by atoms with E-state index in [-0.39, 0.29) is 25.4 Å². The summed E-state index contributed by atoms with van der Waals surface area (Å²) in [7, 11) is -4.17. The highest BCUT2D eigenvalue weighted by molar-refractivity contribution is 7.89. The molecule has 15 heteroatoms. The first kappa shape index (κ1) is 26.6. The van der Waals surface area contributed by atoms with Crippen LogP contribution in [0.3, 0.4) is 0 Å². The molecule has 37 heavy (non-hydrogen) atoms. The van der Waals surface area contributed by atoms with Gasteiger partial charge in [-0.1, -0.05) is 0 Å². The summed E-state index contributed by atoms with van der Waals surface area (Å²) in [4.78, 5) is 27.1. The van der Waals surface area contributed by atoms with Crippen LogP contribution in [0.4, 0.5) is 22.0 Å². The van der Waals surface area contributed by atoms with E-state index in [1.54, 1.807) is 0 Å². The molecule has 2 saturated heterocycles. The monoisotopic (exact) mass is 549 g/mol. The van der Waals surface area contributed by atoms with Crippen molar-refractivity contribution in [2.45, 2.75) is 16.9 Å². The van der Waals surface area contributed by atoms with E-state index in [0.29, 0.717) is 6.07 Å². The minimum absolute atomic E-state index is 0.0341. The molecule has 0 unspecified atom stereocenters. The van der Waals surface area contributed by atoms with E-state index in [9.17, 15) is 35.6 Å². The standard InChI is InChI=1S/C22H20F5N3O6S/c23-18-7-16(37(28,33)34)5-6-17(18)20(32)30-9-13-8-29(11-21(13,24)12-30)19(31)10-35-14-1-3-15(4-2-14)36-22(25,26)27/h1-7,13H,8-12H2,(H2,28,33,34)/t13-,21+/m1/s1. The van der Waals surface area contributed by atoms with Gasteiger partial charge in [0.15, 0.2) is 12.3 Å². The second kappa shape index (κ2) is 9.45. The number of benzene rings is 2. The van der Waals surface area contributed by atoms with Gasteiger partial charge in [-0.3, -0.25) is 9.59 Å². The number of alkyl halides is 4. The number of nitrogens with zero attached hydrogens (tertiary/aromatic N) is 2. The second-order valence-electron chi connectivity index (χ2n) is 8.69. The molecule has 2 aliphatic rings. The molecule has 200 valence electrons. The van der Waals surface area contributed by atoms with Crippen molar-refractivity contribution in [2.75, 3.05) is 32.8 Å². The number of amides is 2. The van der Waals surface area contributed by atoms with Gasteiger partial charge in [0, 0.05) is 19.0 Å². The minimum Gasteiger partial charge on any atom is -0.484 e. The first-order valence-corrected chi connectivity index (χ1v) is 12.3. The van der Waals surface area contributed by atoms with Gasteiger partial charge in [-0.05, 0) is 42.5 Å². The number of carbonyl (C=O) groups is 2. The highest BCUT2D eigenvalue weighted by Gasteiger charge is 2.55. The summed E-state index contributed by atoms with van der Waals surface area (Å²) in [6, 6.07) is 6.95. The molecule has 2 aromatic rings. The smallest absolute Gasteiger partial charge is 0.484 e. The van der Waals surface area contributed by atoms with Crippen molar-refractivity contribution < 1.29 is 49.4 Å². The van der Waals surface area contributed by atoms with Crippen LogP contribution in [0.15, 0.2) is 47.4 Å². The molecule has 2 fully saturated rings. The van der Waals surface area contributed by atoms with Gasteiger partial charge in [0.1, 0.15) is 17.3 Å². The molecule has 0 bridgehead atoms. The molecule has 0 saturated carbocycles. The third kappa shape index (κ3) is 5.93. The van der Waals surface area contributed by atoms with Crippen molar-refractivity contribution in [1.82, 2.24) is 9.80 Å². The quantitative estimate of drug-likeness (QED) is 0.552. The van der Waals surface area contributed by atoms with Gasteiger partial charge in [-0.2, -0.15) is 0 Å². The van der Waals surface area contributed by atoms with Gasteiger partial charge in [0.25, 0.3) is 11.8 Å². The van der Waals surface area contributed by atoms with E-state index in [2.05, 4.69) is 4.74 Å². The summed E-state index contributed by atoms with van der Waals surface area (Å²) >= 11 is 0. The fourth-order valence-corrected chi connectivity index (χ4v) is 4.85. The maximum atomic E-state index is 15.6. The summed E-state index contributed by atoms with van der Waals surface area (Å²) in [5.41, 5.74) is -2.39. The second-order valence-corrected chi connectivity index (χ2v) is 10.2. The van der Waals surface area contributed by atoms with Crippen molar-refractivity contribution >= 4 is 21.8 Å². The lowest BCUT2D eigenvalue weighted by atomic mass is 9.97. The molecule has 2 N–H and O–H groups in total. The van der Waals surface area contributed by atoms with Crippen LogP contribution in [0.25, 0.3) is 0 Å². The van der Waals surface area contributed by atoms with Crippen LogP contribution in [-0.2, 0) is 14.8 Å². The normalized spacial score (nSPS) is 21.6. The number of likely N-dealkylation sites (tertiary alicyclic amines) is 2. The fraction of sp³-hybridized carbons (Fsp3) is 0.364. The third-order valence-electron chi connectivity index (χ3n) is 6.08. The Morgan fingerprint density at radius 1 is 1.03 bits per heavy atom. The Kier molecular flexibility index (Phi) is 6.79. The van der Waals surface area contributed by atoms with E-state index in [0.717, 1.165) is 29.2 Å². The number of ether oxygens (including phenoxy) is 2. The third-order valence-corrected chi connectivity index (χ3v) is 6.99. The van der Waals surface area contributed by atoms with Crippen molar-refractivity contribution in [3.63, 3.8) is 0 Å². The summed E-state index contributed by atoms with van der Waals surface area (Å²) in [6.07, 6.45) is -4.85. The molecular formula is C22H20F5N3O6S. The SMILES string of the molecule is NS(=O)(=O)c1ccc(C(=O)N2C[C@H]3CN(C(=O)COc4ccc(OC(F)(F)F)cc4)C[C@]3(F)C2)c(F)c1. The van der Waals surface area contributed by atoms with Gasteiger partial charge >= 0.3 is 6.36 Å². The Morgan fingerprint density at radius 2 is 1.62 bits per heavy atom. The minimum atomic E-state index is -4.85. The van der Waals surface area contributed by atoms with Gasteiger partial charge in [0.2, 0.25) is 10.0 Å². The van der Waals surface area contributed by atoms with Crippen molar-refractivity contribution in [1.29, 1.82) is 0 Å². The first-order valence-electron chi connectivity index (χ1n) is 10.7. The predicted octanol–water partition coefficient (Wildman–Crippen LogP) is 2.07. The van der Waals surface area contributed by atoms with Crippen LogP contribution >= 0.6 is 0 Å². The van der Waals surface area contributed by atoms with Gasteiger partial charge < -0.3 is 19.3 Å². The van der Waals surface area contributed by atoms with Gasteiger partial charge in [0.05, 0.1) is 23.5 Å². The maximum absolute atomic E-state index is 15.6. The number of fused-ring (bicyclic) bond motifs is 1. The summed E-state index contributed by atoms with van der Waals surface area (Å²) in [5.74, 6) is -3.62. The van der Waals surface area contributed by atoms with Gasteiger partial charge in [-0.25, -0.2) is 22.3 Å². The zero-order chi connectivity index (χ0) is 27.2. The van der Waals surface area contributed by atoms with Crippen LogP contribution in [0.2, 0.25) is 0 Å². The molecule has 0 aromatic heterocycles. The van der Waals surface area contributed by atoms with E-state index < -0.39 is 75.0 Å². The molecule has 0 aliphatic carbocycles. The molecule has 2 atom stereocenters. The predicted molar refractivity (Wildman–Crippen MR) is 116 cm³/mol. The fourth-order valence-electron chi connectivity index (χ4n) is 4.32. The van der Waals surface area contributed by atoms with Crippen molar-refractivity contribution in [2.24, 2.45) is 11.1 Å². The number of halogens is 5. The van der Waals surface area contributed by atoms with Crippen molar-refractivity contribution in [3.8, 4) is 11.5 Å². The van der Waals surface area contributed by atoms with E-state index >= 15 is 4.39 Å². The average molecular weight is 549 g/mol. The lowest BCUT2D eigenvalue weighted by Gasteiger charge is -2.23. The highest BCUT2D eigenvalue weighted by Crippen LogP contribution is 2.39. The zero-order valence-electron chi connectivity index (χ0n) is 18.9. The first-order chi connectivity index (χ1) is 17.1.